The van der Waals surface area contributed by atoms with Gasteiger partial charge < -0.3 is 84.0 Å². The Morgan fingerprint density at radius 1 is 0.550 bits per heavy atom. The van der Waals surface area contributed by atoms with E-state index in [2.05, 4.69) is 16.0 Å². The van der Waals surface area contributed by atoms with Gasteiger partial charge in [-0.15, -0.1) is 0 Å². The molecule has 0 spiro atoms. The van der Waals surface area contributed by atoms with E-state index in [-0.39, 0.29) is 12.2 Å². The molecule has 60 heavy (non-hydrogen) atoms. The quantitative estimate of drug-likeness (QED) is 0.0411. The molecule has 0 aliphatic rings. The fraction of sp³-hybridized carbons (Fsp3) is 0.529. The number of carboxylic acid groups (broad SMARTS) is 2. The smallest absolute Gasteiger partial charge is 0.326 e. The molecular weight excluding hydrogens is 806 g/mol. The van der Waals surface area contributed by atoms with Crippen molar-refractivity contribution in [2.24, 2.45) is 11.7 Å². The monoisotopic (exact) mass is 857 g/mol. The molecule has 0 bridgehead atoms. The molecule has 0 heterocycles. The molecule has 0 aromatic heterocycles. The molecule has 0 unspecified atom stereocenters. The van der Waals surface area contributed by atoms with Gasteiger partial charge in [-0.2, -0.15) is 0 Å². The van der Waals surface area contributed by atoms with E-state index >= 15 is 0 Å². The summed E-state index contributed by atoms with van der Waals surface area (Å²) < 4.78 is 0. The van der Waals surface area contributed by atoms with Gasteiger partial charge in [0.1, 0.15) is 48.0 Å². The van der Waals surface area contributed by atoms with Crippen LogP contribution < -0.4 is 48.3 Å². The topological polar surface area (TPSA) is 435 Å². The van der Waals surface area contributed by atoms with Gasteiger partial charge in [0.15, 0.2) is 0 Å². The van der Waals surface area contributed by atoms with Gasteiger partial charge in [-0.1, -0.05) is 26.0 Å². The first-order valence-corrected chi connectivity index (χ1v) is 18.0. The Kier molecular flexibility index (Phi) is 22.2. The second-order valence-electron chi connectivity index (χ2n) is 13.2. The number of rotatable bonds is 26. The van der Waals surface area contributed by atoms with Crippen molar-refractivity contribution in [3.63, 3.8) is 0 Å². The van der Waals surface area contributed by atoms with Crippen LogP contribution in [0.2, 0.25) is 0 Å². The standard InChI is InChI=1S/C34H51N9O17/c1-15(2)27(34(59)60)43-30(55)18(7-16-3-5-17(48)6-4-16)37-25(50)10-36-28(53)20(11-44)40-33(58)23(14-47)41-29(54)19(8-26(51)52)39-32(57)22(13-46)42-31(56)21(12-45)38-24(49)9-35/h3-6,15,18-23,27,44-48H,7-14,35H2,1-2H3,(H,36,53)(H,37,50)(H,38,49)(H,39,57)(H,40,58)(H,41,54)(H,42,56)(H,43,55)(H,51,52)(H,59,60)/t18-,19-,20-,21-,22-,23-,27-/m0/s1. The number of phenolic OH excluding ortho intramolecular Hbond substituents is 1. The van der Waals surface area contributed by atoms with Crippen LogP contribution in [0.25, 0.3) is 0 Å². The van der Waals surface area contributed by atoms with Gasteiger partial charge in [-0.3, -0.25) is 43.2 Å². The summed E-state index contributed by atoms with van der Waals surface area (Å²) in [5.41, 5.74) is 5.59. The van der Waals surface area contributed by atoms with Gasteiger partial charge in [-0.05, 0) is 23.6 Å². The summed E-state index contributed by atoms with van der Waals surface area (Å²) in [5.74, 6) is -12.8. The molecule has 26 nitrogen and oxygen atoms in total. The Labute approximate surface area is 341 Å². The summed E-state index contributed by atoms with van der Waals surface area (Å²) in [6.07, 6.45) is -1.33. The van der Waals surface area contributed by atoms with Crippen LogP contribution >= 0.6 is 0 Å². The molecule has 1 aromatic carbocycles. The van der Waals surface area contributed by atoms with Crippen molar-refractivity contribution in [2.75, 3.05) is 39.5 Å². The number of aromatic hydroxyl groups is 1. The van der Waals surface area contributed by atoms with Crippen LogP contribution in [0.5, 0.6) is 5.75 Å². The highest BCUT2D eigenvalue weighted by Crippen LogP contribution is 2.12. The minimum absolute atomic E-state index is 0.0918. The molecule has 0 radical (unpaired) electrons. The van der Waals surface area contributed by atoms with E-state index < -0.39 is 153 Å². The molecule has 0 aliphatic carbocycles. The van der Waals surface area contributed by atoms with E-state index in [4.69, 9.17) is 5.73 Å². The number of phenols is 1. The third-order valence-electron chi connectivity index (χ3n) is 8.16. The third-order valence-corrected chi connectivity index (χ3v) is 8.16. The first-order chi connectivity index (χ1) is 28.2. The second kappa shape index (κ2) is 25.8. The summed E-state index contributed by atoms with van der Waals surface area (Å²) in [5, 5.41) is 83.8. The highest BCUT2D eigenvalue weighted by Gasteiger charge is 2.34. The van der Waals surface area contributed by atoms with Crippen LogP contribution in [0.3, 0.4) is 0 Å². The Morgan fingerprint density at radius 2 is 0.950 bits per heavy atom. The van der Waals surface area contributed by atoms with E-state index in [9.17, 15) is 83.7 Å². The van der Waals surface area contributed by atoms with Crippen LogP contribution in [0.15, 0.2) is 24.3 Å². The van der Waals surface area contributed by atoms with Crippen LogP contribution in [-0.4, -0.2) is 177 Å². The maximum atomic E-state index is 13.1. The number of carbonyl (C=O) groups is 10. The number of amides is 8. The summed E-state index contributed by atoms with van der Waals surface area (Å²) >= 11 is 0. The highest BCUT2D eigenvalue weighted by molar-refractivity contribution is 5.98. The van der Waals surface area contributed by atoms with E-state index in [1.807, 2.05) is 26.6 Å². The van der Waals surface area contributed by atoms with Crippen LogP contribution in [-0.2, 0) is 54.4 Å². The van der Waals surface area contributed by atoms with Crippen molar-refractivity contribution in [3.8, 4) is 5.75 Å². The van der Waals surface area contributed by atoms with Crippen molar-refractivity contribution in [1.29, 1.82) is 0 Å². The maximum absolute atomic E-state index is 13.1. The average molecular weight is 858 g/mol. The molecule has 7 atom stereocenters. The van der Waals surface area contributed by atoms with Crippen molar-refractivity contribution < 1.29 is 83.7 Å². The highest BCUT2D eigenvalue weighted by atomic mass is 16.4. The van der Waals surface area contributed by atoms with E-state index in [1.165, 1.54) is 38.1 Å². The van der Waals surface area contributed by atoms with Crippen LogP contribution in [0, 0.1) is 5.92 Å². The van der Waals surface area contributed by atoms with Crippen molar-refractivity contribution in [1.82, 2.24) is 42.5 Å². The molecule has 1 aromatic rings. The average Bonchev–Trinajstić information content (AvgIpc) is 3.20. The first kappa shape index (κ1) is 51.5. The van der Waals surface area contributed by atoms with Gasteiger partial charge in [0.2, 0.25) is 47.3 Å². The maximum Gasteiger partial charge on any atom is 0.326 e. The minimum atomic E-state index is -2.02. The summed E-state index contributed by atoms with van der Waals surface area (Å²) in [7, 11) is 0. The number of carbonyl (C=O) groups excluding carboxylic acids is 8. The molecule has 0 aliphatic heterocycles. The lowest BCUT2D eigenvalue weighted by Crippen LogP contribution is -2.61. The molecule has 0 saturated heterocycles. The summed E-state index contributed by atoms with van der Waals surface area (Å²) in [6.45, 7) is -2.73. The number of nitrogens with two attached hydrogens (primary N) is 1. The lowest BCUT2D eigenvalue weighted by atomic mass is 10.0. The van der Waals surface area contributed by atoms with Crippen LogP contribution in [0.1, 0.15) is 25.8 Å². The number of hydrogen-bond acceptors (Lipinski definition) is 16. The number of benzene rings is 1. The van der Waals surface area contributed by atoms with Gasteiger partial charge in [-0.25, -0.2) is 4.79 Å². The predicted octanol–water partition coefficient (Wildman–Crippen LogP) is -8.41. The number of hydrogen-bond donors (Lipinski definition) is 16. The molecule has 1 rings (SSSR count). The zero-order valence-corrected chi connectivity index (χ0v) is 32.4. The molecule has 0 saturated carbocycles. The van der Waals surface area contributed by atoms with Crippen molar-refractivity contribution in [2.45, 2.75) is 69.0 Å². The van der Waals surface area contributed by atoms with Crippen molar-refractivity contribution >= 4 is 59.2 Å². The fourth-order valence-corrected chi connectivity index (χ4v) is 4.88. The summed E-state index contributed by atoms with van der Waals surface area (Å²) in [4.78, 5) is 125. The molecular formula is C34H51N9O17. The van der Waals surface area contributed by atoms with Gasteiger partial charge in [0, 0.05) is 6.42 Å². The molecule has 26 heteroatoms. The number of aliphatic hydroxyl groups excluding tert-OH is 4. The number of aliphatic carboxylic acids is 2. The number of aliphatic hydroxyl groups is 4. The van der Waals surface area contributed by atoms with Gasteiger partial charge in [0.05, 0.1) is 45.9 Å². The fourth-order valence-electron chi connectivity index (χ4n) is 4.88. The Balaban J connectivity index is 3.00. The van der Waals surface area contributed by atoms with Gasteiger partial charge in [0.25, 0.3) is 0 Å². The van der Waals surface area contributed by atoms with E-state index in [0.29, 0.717) is 5.56 Å². The van der Waals surface area contributed by atoms with Gasteiger partial charge >= 0.3 is 11.9 Å². The third kappa shape index (κ3) is 17.6. The largest absolute Gasteiger partial charge is 0.508 e. The predicted molar refractivity (Wildman–Crippen MR) is 200 cm³/mol. The molecule has 0 fully saturated rings. The normalized spacial score (nSPS) is 14.3. The van der Waals surface area contributed by atoms with E-state index in [1.54, 1.807) is 0 Å². The SMILES string of the molecule is CC(C)[C@H](NC(=O)[C@H](Cc1ccc(O)cc1)NC(=O)CNC(=O)[C@H](CO)NC(=O)[C@H](CO)NC(=O)[C@H](CC(=O)O)NC(=O)[C@H](CO)NC(=O)[C@H](CO)NC(=O)CN)C(=O)O. The Bertz CT molecular complexity index is 1690. The molecule has 334 valence electrons. The zero-order chi connectivity index (χ0) is 45.7. The van der Waals surface area contributed by atoms with Crippen LogP contribution in [0.4, 0.5) is 0 Å². The zero-order valence-electron chi connectivity index (χ0n) is 32.4. The Hall–Kier alpha value is -6.48. The lowest BCUT2D eigenvalue weighted by molar-refractivity contribution is -0.143. The Morgan fingerprint density at radius 3 is 1.37 bits per heavy atom. The second-order valence-corrected chi connectivity index (χ2v) is 13.2. The number of nitrogens with one attached hydrogen (secondary N) is 8. The van der Waals surface area contributed by atoms with E-state index in [0.717, 1.165) is 0 Å². The first-order valence-electron chi connectivity index (χ1n) is 18.0. The minimum Gasteiger partial charge on any atom is -0.508 e. The summed E-state index contributed by atoms with van der Waals surface area (Å²) in [6, 6.07) is -6.52. The molecule has 17 N–H and O–H groups in total. The lowest BCUT2D eigenvalue weighted by Gasteiger charge is -2.25. The van der Waals surface area contributed by atoms with Crippen molar-refractivity contribution in [3.05, 3.63) is 29.8 Å². The molecule has 8 amide bonds. The number of carboxylic acids is 2.